The normalized spacial score (nSPS) is 51.3. The summed E-state index contributed by atoms with van der Waals surface area (Å²) >= 11 is 0. The third-order valence-electron chi connectivity index (χ3n) is 9.44. The predicted octanol–water partition coefficient (Wildman–Crippen LogP) is 4.99. The van der Waals surface area contributed by atoms with Crippen molar-refractivity contribution in [2.24, 2.45) is 35.5 Å². The van der Waals surface area contributed by atoms with Crippen LogP contribution in [0, 0.1) is 35.5 Å². The van der Waals surface area contributed by atoms with Crippen molar-refractivity contribution in [2.45, 2.75) is 137 Å². The third kappa shape index (κ3) is 5.92. The summed E-state index contributed by atoms with van der Waals surface area (Å²) in [5, 5.41) is 11.1. The maximum absolute atomic E-state index is 11.1. The van der Waals surface area contributed by atoms with Crippen molar-refractivity contribution in [3.8, 4) is 0 Å². The van der Waals surface area contributed by atoms with Gasteiger partial charge in [0.25, 0.3) is 0 Å². The molecule has 0 saturated carbocycles. The van der Waals surface area contributed by atoms with E-state index in [0.717, 1.165) is 19.3 Å². The summed E-state index contributed by atoms with van der Waals surface area (Å²) in [6.45, 7) is 19.4. The fraction of sp³-hybridized carbons (Fsp3) is 1.00. The SMILES string of the molecule is CCC1O[C@H](OC2[C@@H](O[C@@H]3C(C)[C@H](OC)OC(CC)[C@H]3C)OC(CC)[C@@H](C)[C@@H]2C)C(O)[C@@H](C)[C@@H]1C. The van der Waals surface area contributed by atoms with Crippen molar-refractivity contribution in [1.29, 1.82) is 0 Å². The van der Waals surface area contributed by atoms with Crippen LogP contribution in [0.3, 0.4) is 0 Å². The Morgan fingerprint density at radius 1 is 0.543 bits per heavy atom. The topological polar surface area (TPSA) is 75.6 Å². The number of aliphatic hydroxyl groups is 1. The van der Waals surface area contributed by atoms with Crippen LogP contribution in [-0.4, -0.2) is 67.7 Å². The lowest BCUT2D eigenvalue weighted by Crippen LogP contribution is -2.59. The van der Waals surface area contributed by atoms with Gasteiger partial charge >= 0.3 is 0 Å². The summed E-state index contributed by atoms with van der Waals surface area (Å²) in [5.41, 5.74) is 0. The minimum absolute atomic E-state index is 0.0404. The highest BCUT2D eigenvalue weighted by Crippen LogP contribution is 2.41. The molecule has 15 atom stereocenters. The van der Waals surface area contributed by atoms with Crippen molar-refractivity contribution < 1.29 is 33.5 Å². The first kappa shape index (κ1) is 29.3. The molecular formula is C28H52O7. The molecule has 3 fully saturated rings. The summed E-state index contributed by atoms with van der Waals surface area (Å²) in [6, 6.07) is 0. The van der Waals surface area contributed by atoms with Gasteiger partial charge in [0, 0.05) is 18.9 Å². The molecule has 3 aliphatic rings. The minimum Gasteiger partial charge on any atom is -0.388 e. The zero-order valence-electron chi connectivity index (χ0n) is 23.7. The van der Waals surface area contributed by atoms with Gasteiger partial charge in [0.2, 0.25) is 0 Å². The molecule has 35 heavy (non-hydrogen) atoms. The number of methoxy groups -OCH3 is 1. The molecule has 0 radical (unpaired) electrons. The quantitative estimate of drug-likeness (QED) is 0.503. The number of aliphatic hydroxyl groups excluding tert-OH is 1. The molecule has 3 saturated heterocycles. The Morgan fingerprint density at radius 2 is 1.00 bits per heavy atom. The van der Waals surface area contributed by atoms with Crippen LogP contribution in [0.25, 0.3) is 0 Å². The van der Waals surface area contributed by atoms with Crippen LogP contribution in [-0.2, 0) is 28.4 Å². The molecule has 6 unspecified atom stereocenters. The molecule has 0 aliphatic carbocycles. The van der Waals surface area contributed by atoms with E-state index in [1.807, 2.05) is 0 Å². The van der Waals surface area contributed by atoms with Crippen LogP contribution in [0.15, 0.2) is 0 Å². The fourth-order valence-electron chi connectivity index (χ4n) is 6.44. The number of ether oxygens (including phenoxy) is 6. The molecule has 0 spiro atoms. The molecule has 206 valence electrons. The van der Waals surface area contributed by atoms with Crippen LogP contribution in [0.2, 0.25) is 0 Å². The standard InChI is InChI=1S/C28H52O7/c1-11-20-14(4)16(6)23(29)27(32-20)35-25-17(7)15(5)21(12-2)33-28(25)34-24-18(8)22(13-3)31-26(30-10)19(24)9/h14-29H,11-13H2,1-10H3/t14-,15-,16-,17-,18+,19?,20?,21?,22?,23?,24-,25?,26+,27+,28+/m0/s1. The lowest BCUT2D eigenvalue weighted by molar-refractivity contribution is -0.365. The second-order valence-corrected chi connectivity index (χ2v) is 11.4. The zero-order chi connectivity index (χ0) is 26.0. The first-order chi connectivity index (χ1) is 16.6. The minimum atomic E-state index is -0.696. The maximum Gasteiger partial charge on any atom is 0.184 e. The molecule has 7 heteroatoms. The summed E-state index contributed by atoms with van der Waals surface area (Å²) < 4.78 is 38.2. The van der Waals surface area contributed by atoms with Gasteiger partial charge in [0.15, 0.2) is 18.9 Å². The first-order valence-corrected chi connectivity index (χ1v) is 14.1. The third-order valence-corrected chi connectivity index (χ3v) is 9.44. The zero-order valence-corrected chi connectivity index (χ0v) is 23.7. The Morgan fingerprint density at radius 3 is 1.54 bits per heavy atom. The van der Waals surface area contributed by atoms with E-state index in [1.165, 1.54) is 0 Å². The van der Waals surface area contributed by atoms with E-state index in [-0.39, 0.29) is 66.4 Å². The molecule has 7 nitrogen and oxygen atoms in total. The van der Waals surface area contributed by atoms with E-state index in [9.17, 15) is 5.11 Å². The summed E-state index contributed by atoms with van der Waals surface area (Å²) in [7, 11) is 1.69. The Kier molecular flexibility index (Phi) is 10.5. The molecule has 0 amide bonds. The Bertz CT molecular complexity index is 629. The lowest BCUT2D eigenvalue weighted by Gasteiger charge is -2.51. The van der Waals surface area contributed by atoms with Crippen molar-refractivity contribution >= 4 is 0 Å². The molecular weight excluding hydrogens is 448 g/mol. The molecule has 0 bridgehead atoms. The van der Waals surface area contributed by atoms with Gasteiger partial charge in [0.1, 0.15) is 12.2 Å². The van der Waals surface area contributed by atoms with E-state index in [1.54, 1.807) is 7.11 Å². The van der Waals surface area contributed by atoms with Crippen molar-refractivity contribution in [2.75, 3.05) is 7.11 Å². The lowest BCUT2D eigenvalue weighted by atomic mass is 9.81. The van der Waals surface area contributed by atoms with Gasteiger partial charge in [-0.25, -0.2) is 0 Å². The molecule has 3 aliphatic heterocycles. The Hall–Kier alpha value is -0.280. The summed E-state index contributed by atoms with van der Waals surface area (Å²) in [6.07, 6.45) is 0.156. The highest BCUT2D eigenvalue weighted by molar-refractivity contribution is 4.92. The van der Waals surface area contributed by atoms with Crippen molar-refractivity contribution in [3.63, 3.8) is 0 Å². The van der Waals surface area contributed by atoms with Crippen molar-refractivity contribution in [3.05, 3.63) is 0 Å². The Labute approximate surface area is 213 Å². The second kappa shape index (κ2) is 12.5. The van der Waals surface area contributed by atoms with Gasteiger partial charge in [-0.15, -0.1) is 0 Å². The molecule has 0 aromatic heterocycles. The molecule has 1 N–H and O–H groups in total. The average Bonchev–Trinajstić information content (AvgIpc) is 2.85. The second-order valence-electron chi connectivity index (χ2n) is 11.4. The van der Waals surface area contributed by atoms with Crippen LogP contribution >= 0.6 is 0 Å². The average molecular weight is 501 g/mol. The van der Waals surface area contributed by atoms with E-state index in [2.05, 4.69) is 62.3 Å². The van der Waals surface area contributed by atoms with E-state index in [0.29, 0.717) is 5.92 Å². The van der Waals surface area contributed by atoms with Crippen LogP contribution in [0.1, 0.15) is 81.6 Å². The maximum atomic E-state index is 11.1. The Balaban J connectivity index is 1.85. The van der Waals surface area contributed by atoms with Crippen LogP contribution < -0.4 is 0 Å². The molecule has 3 rings (SSSR count). The fourth-order valence-corrected chi connectivity index (χ4v) is 6.44. The first-order valence-electron chi connectivity index (χ1n) is 14.1. The molecule has 0 aromatic rings. The van der Waals surface area contributed by atoms with Crippen molar-refractivity contribution in [1.82, 2.24) is 0 Å². The van der Waals surface area contributed by atoms with Gasteiger partial charge in [-0.3, -0.25) is 0 Å². The van der Waals surface area contributed by atoms with Crippen LogP contribution in [0.4, 0.5) is 0 Å². The summed E-state index contributed by atoms with van der Waals surface area (Å²) in [5.74, 6) is 1.05. The van der Waals surface area contributed by atoms with Gasteiger partial charge in [-0.05, 0) is 42.9 Å². The molecule has 3 heterocycles. The van der Waals surface area contributed by atoms with E-state index < -0.39 is 18.7 Å². The highest BCUT2D eigenvalue weighted by Gasteiger charge is 2.50. The highest BCUT2D eigenvalue weighted by atomic mass is 16.7. The molecule has 0 aromatic carbocycles. The number of hydrogen-bond acceptors (Lipinski definition) is 7. The number of hydrogen-bond donors (Lipinski definition) is 1. The van der Waals surface area contributed by atoms with E-state index in [4.69, 9.17) is 28.4 Å². The van der Waals surface area contributed by atoms with Gasteiger partial charge in [0.05, 0.1) is 24.4 Å². The predicted molar refractivity (Wildman–Crippen MR) is 135 cm³/mol. The van der Waals surface area contributed by atoms with Gasteiger partial charge in [-0.2, -0.15) is 0 Å². The van der Waals surface area contributed by atoms with E-state index >= 15 is 0 Å². The van der Waals surface area contributed by atoms with Crippen LogP contribution in [0.5, 0.6) is 0 Å². The summed E-state index contributed by atoms with van der Waals surface area (Å²) in [4.78, 5) is 0. The van der Waals surface area contributed by atoms with Gasteiger partial charge < -0.3 is 33.5 Å². The number of rotatable bonds is 8. The smallest absolute Gasteiger partial charge is 0.184 e. The largest absolute Gasteiger partial charge is 0.388 e. The van der Waals surface area contributed by atoms with Gasteiger partial charge in [-0.1, -0.05) is 62.3 Å². The monoisotopic (exact) mass is 500 g/mol.